The fraction of sp³-hybridized carbons (Fsp3) is 0.588. The molecule has 7 heteroatoms. The lowest BCUT2D eigenvalue weighted by atomic mass is 10.1. The molecule has 0 bridgehead atoms. The Morgan fingerprint density at radius 3 is 3.00 bits per heavy atom. The fourth-order valence-electron chi connectivity index (χ4n) is 3.08. The Hall–Kier alpha value is -1.73. The predicted molar refractivity (Wildman–Crippen MR) is 99.8 cm³/mol. The standard InChI is InChI=1S/C17H26N6S/c1-3-22(4-2)17-19-12-15(24-17)11-18-14-7-6-10-23(13-14)16-8-5-9-20-21-16/h5,8-9,12,14,18H,3-4,6-7,10-11,13H2,1-2H3/t14-/m1/s1. The van der Waals surface area contributed by atoms with Crippen LogP contribution in [0.2, 0.25) is 0 Å². The molecule has 1 N–H and O–H groups in total. The molecule has 1 atom stereocenters. The van der Waals surface area contributed by atoms with Gasteiger partial charge in [-0.3, -0.25) is 0 Å². The van der Waals surface area contributed by atoms with Crippen LogP contribution < -0.4 is 15.1 Å². The Morgan fingerprint density at radius 2 is 2.25 bits per heavy atom. The van der Waals surface area contributed by atoms with Crippen LogP contribution in [-0.4, -0.2) is 47.4 Å². The number of nitrogens with zero attached hydrogens (tertiary/aromatic N) is 5. The molecule has 1 saturated heterocycles. The zero-order chi connectivity index (χ0) is 16.8. The molecule has 1 fully saturated rings. The Labute approximate surface area is 147 Å². The van der Waals surface area contributed by atoms with Gasteiger partial charge in [0.05, 0.1) is 0 Å². The third-order valence-corrected chi connectivity index (χ3v) is 5.50. The van der Waals surface area contributed by atoms with Gasteiger partial charge in [-0.2, -0.15) is 5.10 Å². The summed E-state index contributed by atoms with van der Waals surface area (Å²) in [7, 11) is 0. The largest absolute Gasteiger partial charge is 0.354 e. The number of hydrogen-bond donors (Lipinski definition) is 1. The van der Waals surface area contributed by atoms with Gasteiger partial charge in [0.2, 0.25) is 0 Å². The van der Waals surface area contributed by atoms with Crippen molar-refractivity contribution in [2.75, 3.05) is 36.0 Å². The molecule has 0 saturated carbocycles. The molecule has 0 amide bonds. The van der Waals surface area contributed by atoms with E-state index in [-0.39, 0.29) is 0 Å². The maximum Gasteiger partial charge on any atom is 0.185 e. The normalized spacial score (nSPS) is 17.9. The van der Waals surface area contributed by atoms with E-state index in [4.69, 9.17) is 0 Å². The highest BCUT2D eigenvalue weighted by molar-refractivity contribution is 7.15. The minimum absolute atomic E-state index is 0.486. The van der Waals surface area contributed by atoms with Crippen LogP contribution in [0.25, 0.3) is 0 Å². The zero-order valence-electron chi connectivity index (χ0n) is 14.5. The summed E-state index contributed by atoms with van der Waals surface area (Å²) < 4.78 is 0. The summed E-state index contributed by atoms with van der Waals surface area (Å²) in [4.78, 5) is 10.5. The lowest BCUT2D eigenvalue weighted by molar-refractivity contribution is 0.420. The van der Waals surface area contributed by atoms with Crippen LogP contribution in [0.4, 0.5) is 10.9 Å². The number of aromatic nitrogens is 3. The van der Waals surface area contributed by atoms with Crippen LogP contribution in [0.5, 0.6) is 0 Å². The molecule has 0 radical (unpaired) electrons. The van der Waals surface area contributed by atoms with Gasteiger partial charge >= 0.3 is 0 Å². The molecule has 0 aromatic carbocycles. The van der Waals surface area contributed by atoms with Gasteiger partial charge in [-0.25, -0.2) is 4.98 Å². The van der Waals surface area contributed by atoms with E-state index in [1.807, 2.05) is 18.3 Å². The Bertz CT molecular complexity index is 613. The third-order valence-electron chi connectivity index (χ3n) is 4.44. The van der Waals surface area contributed by atoms with E-state index >= 15 is 0 Å². The lowest BCUT2D eigenvalue weighted by Gasteiger charge is -2.33. The predicted octanol–water partition coefficient (Wildman–Crippen LogP) is 2.54. The van der Waals surface area contributed by atoms with Crippen molar-refractivity contribution in [2.24, 2.45) is 0 Å². The first-order chi connectivity index (χ1) is 11.8. The highest BCUT2D eigenvalue weighted by atomic mass is 32.1. The van der Waals surface area contributed by atoms with Crippen LogP contribution in [0, 0.1) is 0 Å². The van der Waals surface area contributed by atoms with Crippen LogP contribution in [0.1, 0.15) is 31.6 Å². The minimum atomic E-state index is 0.486. The molecule has 3 rings (SSSR count). The van der Waals surface area contributed by atoms with Crippen LogP contribution in [0.3, 0.4) is 0 Å². The summed E-state index contributed by atoms with van der Waals surface area (Å²) in [5.74, 6) is 0.977. The number of rotatable bonds is 7. The van der Waals surface area contributed by atoms with Gasteiger partial charge < -0.3 is 15.1 Å². The van der Waals surface area contributed by atoms with Crippen molar-refractivity contribution in [1.82, 2.24) is 20.5 Å². The molecule has 1 aliphatic heterocycles. The van der Waals surface area contributed by atoms with E-state index in [0.29, 0.717) is 6.04 Å². The second-order valence-electron chi connectivity index (χ2n) is 6.03. The molecule has 2 aromatic heterocycles. The second-order valence-corrected chi connectivity index (χ2v) is 7.12. The first kappa shape index (κ1) is 17.1. The average molecular weight is 347 g/mol. The van der Waals surface area contributed by atoms with E-state index in [9.17, 15) is 0 Å². The van der Waals surface area contributed by atoms with E-state index in [1.165, 1.54) is 17.7 Å². The van der Waals surface area contributed by atoms with Gasteiger partial charge in [0.1, 0.15) is 0 Å². The Morgan fingerprint density at radius 1 is 1.38 bits per heavy atom. The van der Waals surface area contributed by atoms with Crippen molar-refractivity contribution in [3.8, 4) is 0 Å². The van der Waals surface area contributed by atoms with Crippen molar-refractivity contribution in [2.45, 2.75) is 39.3 Å². The topological polar surface area (TPSA) is 57.2 Å². The maximum absolute atomic E-state index is 4.56. The van der Waals surface area contributed by atoms with Crippen molar-refractivity contribution < 1.29 is 0 Å². The number of nitrogens with one attached hydrogen (secondary N) is 1. The maximum atomic E-state index is 4.56. The monoisotopic (exact) mass is 346 g/mol. The highest BCUT2D eigenvalue weighted by Crippen LogP contribution is 2.23. The number of piperidine rings is 1. The molecule has 130 valence electrons. The SMILES string of the molecule is CCN(CC)c1ncc(CN[C@@H]2CCCN(c3cccnn3)C2)s1. The smallest absolute Gasteiger partial charge is 0.185 e. The highest BCUT2D eigenvalue weighted by Gasteiger charge is 2.21. The summed E-state index contributed by atoms with van der Waals surface area (Å²) in [6.07, 6.45) is 6.12. The van der Waals surface area contributed by atoms with Crippen molar-refractivity contribution >= 4 is 22.3 Å². The number of thiazole rings is 1. The summed E-state index contributed by atoms with van der Waals surface area (Å²) in [5.41, 5.74) is 0. The number of anilines is 2. The van der Waals surface area contributed by atoms with Crippen LogP contribution >= 0.6 is 11.3 Å². The molecule has 24 heavy (non-hydrogen) atoms. The summed E-state index contributed by atoms with van der Waals surface area (Å²) in [5, 5.41) is 13.0. The molecule has 0 aliphatic carbocycles. The first-order valence-electron chi connectivity index (χ1n) is 8.75. The molecule has 1 aliphatic rings. The Kier molecular flexibility index (Phi) is 5.98. The Balaban J connectivity index is 1.53. The fourth-order valence-corrected chi connectivity index (χ4v) is 4.07. The van der Waals surface area contributed by atoms with E-state index in [2.05, 4.69) is 44.1 Å². The van der Waals surface area contributed by atoms with Gasteiger partial charge in [0.25, 0.3) is 0 Å². The average Bonchev–Trinajstić information content (AvgIpc) is 3.11. The third kappa shape index (κ3) is 4.21. The lowest BCUT2D eigenvalue weighted by Crippen LogP contribution is -2.45. The molecule has 0 unspecified atom stereocenters. The summed E-state index contributed by atoms with van der Waals surface area (Å²) in [6, 6.07) is 4.47. The minimum Gasteiger partial charge on any atom is -0.354 e. The van der Waals surface area contributed by atoms with E-state index in [0.717, 1.165) is 43.7 Å². The van der Waals surface area contributed by atoms with Gasteiger partial charge in [0.15, 0.2) is 10.9 Å². The van der Waals surface area contributed by atoms with Gasteiger partial charge in [0, 0.05) is 56.0 Å². The zero-order valence-corrected chi connectivity index (χ0v) is 15.3. The van der Waals surface area contributed by atoms with Crippen molar-refractivity contribution in [1.29, 1.82) is 0 Å². The van der Waals surface area contributed by atoms with Crippen molar-refractivity contribution in [3.63, 3.8) is 0 Å². The number of hydrogen-bond acceptors (Lipinski definition) is 7. The molecule has 6 nitrogen and oxygen atoms in total. The van der Waals surface area contributed by atoms with Crippen LogP contribution in [-0.2, 0) is 6.54 Å². The molecule has 2 aromatic rings. The van der Waals surface area contributed by atoms with Gasteiger partial charge in [-0.15, -0.1) is 16.4 Å². The van der Waals surface area contributed by atoms with Crippen molar-refractivity contribution in [3.05, 3.63) is 29.4 Å². The van der Waals surface area contributed by atoms with Gasteiger partial charge in [-0.1, -0.05) is 0 Å². The second kappa shape index (κ2) is 8.39. The van der Waals surface area contributed by atoms with Gasteiger partial charge in [-0.05, 0) is 38.8 Å². The first-order valence-corrected chi connectivity index (χ1v) is 9.57. The molecule has 0 spiro atoms. The summed E-state index contributed by atoms with van der Waals surface area (Å²) in [6.45, 7) is 9.29. The van der Waals surface area contributed by atoms with E-state index in [1.54, 1.807) is 17.5 Å². The quantitative estimate of drug-likeness (QED) is 0.831. The molecule has 3 heterocycles. The van der Waals surface area contributed by atoms with Crippen LogP contribution in [0.15, 0.2) is 24.5 Å². The summed E-state index contributed by atoms with van der Waals surface area (Å²) >= 11 is 1.79. The molecular weight excluding hydrogens is 320 g/mol. The molecular formula is C17H26N6S. The van der Waals surface area contributed by atoms with E-state index < -0.39 is 0 Å².